The SMILES string of the molecule is CC/C=C\C/C=C\C/C=C\C/C=C\C/C=C\C/C=C\C/C=C\C/C=C\C/C=C\CCCCCCCCCC(=O)NC(COC1OC(CO)C(OC2OC(CO)C(O)C(O)C2O)C(O)C1O)C(O)/C=C/CC/C=C/CC/C=C/CCC. The molecule has 0 bridgehead atoms. The van der Waals surface area contributed by atoms with Gasteiger partial charge in [0.2, 0.25) is 5.91 Å². The molecular weight excluding hydrogens is 1010 g/mol. The van der Waals surface area contributed by atoms with Gasteiger partial charge in [-0.25, -0.2) is 0 Å². The quantitative estimate of drug-likeness (QED) is 0.0205. The Balaban J connectivity index is 1.68. The summed E-state index contributed by atoms with van der Waals surface area (Å²) in [7, 11) is 0. The molecule has 0 aromatic rings. The summed E-state index contributed by atoms with van der Waals surface area (Å²) in [6, 6.07) is -0.954. The first-order chi connectivity index (χ1) is 39.1. The molecule has 2 rings (SSSR count). The van der Waals surface area contributed by atoms with Gasteiger partial charge in [0.05, 0.1) is 32.0 Å². The van der Waals surface area contributed by atoms with Gasteiger partial charge < -0.3 is 65.1 Å². The summed E-state index contributed by atoms with van der Waals surface area (Å²) < 4.78 is 22.7. The minimum absolute atomic E-state index is 0.246. The molecule has 9 N–H and O–H groups in total. The smallest absolute Gasteiger partial charge is 0.220 e. The van der Waals surface area contributed by atoms with Crippen LogP contribution in [0.5, 0.6) is 0 Å². The van der Waals surface area contributed by atoms with Gasteiger partial charge >= 0.3 is 0 Å². The molecule has 2 heterocycles. The van der Waals surface area contributed by atoms with Crippen molar-refractivity contribution in [2.45, 2.75) is 242 Å². The van der Waals surface area contributed by atoms with Crippen LogP contribution in [0.25, 0.3) is 0 Å². The minimum Gasteiger partial charge on any atom is -0.394 e. The molecule has 0 aromatic heterocycles. The zero-order valence-corrected chi connectivity index (χ0v) is 48.5. The van der Waals surface area contributed by atoms with Crippen molar-refractivity contribution in [2.75, 3.05) is 19.8 Å². The third-order valence-corrected chi connectivity index (χ3v) is 13.5. The van der Waals surface area contributed by atoms with Crippen molar-refractivity contribution in [3.8, 4) is 0 Å². The highest BCUT2D eigenvalue weighted by Crippen LogP contribution is 2.30. The second kappa shape index (κ2) is 49.5. The first-order valence-electron chi connectivity index (χ1n) is 30.1. The Bertz CT molecular complexity index is 1900. The average Bonchev–Trinajstić information content (AvgIpc) is 3.46. The number of hydrogen-bond acceptors (Lipinski definition) is 13. The summed E-state index contributed by atoms with van der Waals surface area (Å²) in [5.41, 5.74) is 0. The number of ether oxygens (including phenoxy) is 4. The predicted octanol–water partition coefficient (Wildman–Crippen LogP) is 10.5. The van der Waals surface area contributed by atoms with Crippen LogP contribution in [0.3, 0.4) is 0 Å². The van der Waals surface area contributed by atoms with Crippen LogP contribution in [-0.2, 0) is 23.7 Å². The first-order valence-corrected chi connectivity index (χ1v) is 30.1. The van der Waals surface area contributed by atoms with Crippen molar-refractivity contribution in [3.63, 3.8) is 0 Å². The number of hydrogen-bond donors (Lipinski definition) is 9. The topological polar surface area (TPSA) is 228 Å². The second-order valence-corrected chi connectivity index (χ2v) is 20.4. The van der Waals surface area contributed by atoms with E-state index in [1.165, 1.54) is 0 Å². The third-order valence-electron chi connectivity index (χ3n) is 13.5. The van der Waals surface area contributed by atoms with Crippen molar-refractivity contribution in [3.05, 3.63) is 146 Å². The Morgan fingerprint density at radius 2 is 0.875 bits per heavy atom. The van der Waals surface area contributed by atoms with Gasteiger partial charge in [0.1, 0.15) is 48.8 Å². The standard InChI is InChI=1S/C66H105NO13/c1-3-5-7-9-11-13-15-16-17-18-19-20-21-22-23-24-25-26-27-28-29-30-31-32-33-34-35-36-37-38-40-42-44-46-48-50-58(71)67-54(55(70)49-47-45-43-41-39-14-12-10-8-6-4-2)53-77-65-63(76)61(74)64(57(52-69)79-65)80-66-62(75)60(73)59(72)56(51-68)78-66/h5,7-8,10-11,13,16-17,19-20,22-23,25-26,28-29,31-32,34-35,39,41,47,49,54-57,59-66,68-70,72-76H,3-4,6,9,12,14-15,18,21,24,27,30,33,36-38,40,42-46,48,50-53H2,1-2H3,(H,67,71)/b7-5-,10-8+,13-11-,17-16-,20-19-,23-22-,26-25-,29-28-,32-31-,35-34-,41-39+,49-47+. The van der Waals surface area contributed by atoms with Gasteiger partial charge in [-0.05, 0) is 109 Å². The number of allylic oxidation sites excluding steroid dienone is 23. The Kier molecular flexibility index (Phi) is 44.5. The van der Waals surface area contributed by atoms with Gasteiger partial charge in [-0.15, -0.1) is 0 Å². The summed E-state index contributed by atoms with van der Waals surface area (Å²) in [5.74, 6) is -0.275. The molecule has 2 fully saturated rings. The highest BCUT2D eigenvalue weighted by molar-refractivity contribution is 5.76. The molecule has 2 saturated heterocycles. The third kappa shape index (κ3) is 34.3. The van der Waals surface area contributed by atoms with Crippen LogP contribution in [0.4, 0.5) is 0 Å². The van der Waals surface area contributed by atoms with E-state index in [1.54, 1.807) is 6.08 Å². The molecule has 0 aromatic carbocycles. The first kappa shape index (κ1) is 72.0. The number of carbonyl (C=O) groups is 1. The summed E-state index contributed by atoms with van der Waals surface area (Å²) in [6.07, 6.45) is 57.6. The van der Waals surface area contributed by atoms with E-state index in [1.807, 2.05) is 6.08 Å². The number of amides is 1. The summed E-state index contributed by atoms with van der Waals surface area (Å²) in [5, 5.41) is 86.8. The van der Waals surface area contributed by atoms with Gasteiger partial charge in [-0.2, -0.15) is 0 Å². The lowest BCUT2D eigenvalue weighted by molar-refractivity contribution is -0.359. The molecule has 2 aliphatic heterocycles. The van der Waals surface area contributed by atoms with Crippen LogP contribution in [0.2, 0.25) is 0 Å². The predicted molar refractivity (Wildman–Crippen MR) is 322 cm³/mol. The van der Waals surface area contributed by atoms with Crippen molar-refractivity contribution < 1.29 is 64.6 Å². The van der Waals surface area contributed by atoms with Crippen LogP contribution in [0, 0.1) is 0 Å². The molecule has 0 radical (unpaired) electrons. The summed E-state index contributed by atoms with van der Waals surface area (Å²) >= 11 is 0. The van der Waals surface area contributed by atoms with Crippen LogP contribution in [0.1, 0.15) is 168 Å². The minimum atomic E-state index is -1.80. The fourth-order valence-corrected chi connectivity index (χ4v) is 8.67. The van der Waals surface area contributed by atoms with Crippen LogP contribution >= 0.6 is 0 Å². The molecule has 0 spiro atoms. The number of unbranched alkanes of at least 4 members (excludes halogenated alkanes) is 10. The molecule has 452 valence electrons. The monoisotopic (exact) mass is 1120 g/mol. The van der Waals surface area contributed by atoms with Crippen LogP contribution < -0.4 is 5.32 Å². The maximum Gasteiger partial charge on any atom is 0.220 e. The number of aliphatic hydroxyl groups is 8. The summed E-state index contributed by atoms with van der Waals surface area (Å²) in [6.45, 7) is 2.53. The van der Waals surface area contributed by atoms with Gasteiger partial charge in [0, 0.05) is 6.42 Å². The van der Waals surface area contributed by atoms with Gasteiger partial charge in [0.25, 0.3) is 0 Å². The molecule has 0 aliphatic carbocycles. The van der Waals surface area contributed by atoms with Gasteiger partial charge in [0.15, 0.2) is 12.6 Å². The Labute approximate surface area is 481 Å². The van der Waals surface area contributed by atoms with E-state index in [9.17, 15) is 45.6 Å². The molecule has 14 nitrogen and oxygen atoms in total. The lowest BCUT2D eigenvalue weighted by Gasteiger charge is -2.46. The average molecular weight is 1120 g/mol. The number of carbonyl (C=O) groups excluding carboxylic acids is 1. The molecule has 0 saturated carbocycles. The Morgan fingerprint density at radius 3 is 1.36 bits per heavy atom. The molecule has 14 heteroatoms. The van der Waals surface area contributed by atoms with E-state index in [2.05, 4.69) is 153 Å². The van der Waals surface area contributed by atoms with Crippen molar-refractivity contribution in [1.82, 2.24) is 5.32 Å². The molecular formula is C66H105NO13. The highest BCUT2D eigenvalue weighted by Gasteiger charge is 2.51. The van der Waals surface area contributed by atoms with Gasteiger partial charge in [-0.1, -0.05) is 198 Å². The molecule has 12 unspecified atom stereocenters. The lowest BCUT2D eigenvalue weighted by atomic mass is 9.97. The summed E-state index contributed by atoms with van der Waals surface area (Å²) in [4.78, 5) is 13.2. The fraction of sp³-hybridized carbons (Fsp3) is 0.621. The molecule has 12 atom stereocenters. The lowest BCUT2D eigenvalue weighted by Crippen LogP contribution is -2.65. The van der Waals surface area contributed by atoms with Crippen molar-refractivity contribution in [1.29, 1.82) is 0 Å². The van der Waals surface area contributed by atoms with Crippen molar-refractivity contribution >= 4 is 5.91 Å². The van der Waals surface area contributed by atoms with E-state index >= 15 is 0 Å². The maximum atomic E-state index is 13.2. The normalized spacial score (nSPS) is 25.3. The molecule has 80 heavy (non-hydrogen) atoms. The van der Waals surface area contributed by atoms with E-state index in [0.29, 0.717) is 12.8 Å². The highest BCUT2D eigenvalue weighted by atomic mass is 16.7. The van der Waals surface area contributed by atoms with E-state index < -0.39 is 86.8 Å². The zero-order chi connectivity index (χ0) is 58.1. The van der Waals surface area contributed by atoms with Crippen LogP contribution in [-0.4, -0.2) is 140 Å². The van der Waals surface area contributed by atoms with Crippen molar-refractivity contribution in [2.24, 2.45) is 0 Å². The van der Waals surface area contributed by atoms with Crippen LogP contribution in [0.15, 0.2) is 146 Å². The van der Waals surface area contributed by atoms with E-state index in [0.717, 1.165) is 135 Å². The Hall–Kier alpha value is -4.13. The Morgan fingerprint density at radius 1 is 0.463 bits per heavy atom. The van der Waals surface area contributed by atoms with E-state index in [4.69, 9.17) is 18.9 Å². The number of aliphatic hydroxyl groups excluding tert-OH is 8. The van der Waals surface area contributed by atoms with Gasteiger partial charge in [-0.3, -0.25) is 4.79 Å². The largest absolute Gasteiger partial charge is 0.394 e. The maximum absolute atomic E-state index is 13.2. The fourth-order valence-electron chi connectivity index (χ4n) is 8.67. The molecule has 2 aliphatic rings. The zero-order valence-electron chi connectivity index (χ0n) is 48.5. The van der Waals surface area contributed by atoms with E-state index in [-0.39, 0.29) is 18.9 Å². The molecule has 1 amide bonds. The number of nitrogens with one attached hydrogen (secondary N) is 1. The second-order valence-electron chi connectivity index (χ2n) is 20.4. The number of rotatable bonds is 45.